The van der Waals surface area contributed by atoms with Gasteiger partial charge in [-0.1, -0.05) is 0 Å². The fraction of sp³-hybridized carbons (Fsp3) is 0.111. The number of carbonyl (C=O) groups is 2. The van der Waals surface area contributed by atoms with Crippen molar-refractivity contribution in [2.45, 2.75) is 0 Å². The second kappa shape index (κ2) is 5.00. The highest BCUT2D eigenvalue weighted by Gasteiger charge is 2.17. The molecular weight excluding hydrogens is 269 g/mol. The standard InChI is InChI=1S/C9H8FNO6S/c10-7-2-1-5(3-6(7)9(14)15)11-18(16,17)4-8(12)13/h1-3,11H,4H2,(H,12,13)(H,14,15). The normalized spacial score (nSPS) is 10.9. The number of nitrogens with one attached hydrogen (secondary N) is 1. The van der Waals surface area contributed by atoms with Crippen LogP contribution < -0.4 is 4.72 Å². The molecule has 0 spiro atoms. The zero-order chi connectivity index (χ0) is 13.9. The molecule has 0 aliphatic rings. The van der Waals surface area contributed by atoms with E-state index in [2.05, 4.69) is 0 Å². The van der Waals surface area contributed by atoms with Gasteiger partial charge in [0.1, 0.15) is 5.82 Å². The molecule has 0 fully saturated rings. The maximum Gasteiger partial charge on any atom is 0.338 e. The lowest BCUT2D eigenvalue weighted by Gasteiger charge is -2.07. The average molecular weight is 277 g/mol. The highest BCUT2D eigenvalue weighted by Crippen LogP contribution is 2.16. The summed E-state index contributed by atoms with van der Waals surface area (Å²) in [5.41, 5.74) is -0.944. The number of rotatable bonds is 5. The van der Waals surface area contributed by atoms with Crippen molar-refractivity contribution >= 4 is 27.6 Å². The van der Waals surface area contributed by atoms with Crippen LogP contribution in [0.4, 0.5) is 10.1 Å². The zero-order valence-electron chi connectivity index (χ0n) is 8.75. The van der Waals surface area contributed by atoms with Gasteiger partial charge in [0, 0.05) is 5.69 Å². The highest BCUT2D eigenvalue weighted by molar-refractivity contribution is 7.93. The van der Waals surface area contributed by atoms with E-state index in [0.717, 1.165) is 18.2 Å². The Morgan fingerprint density at radius 3 is 2.39 bits per heavy atom. The molecule has 0 saturated heterocycles. The van der Waals surface area contributed by atoms with Gasteiger partial charge in [-0.15, -0.1) is 0 Å². The molecule has 0 saturated carbocycles. The molecule has 0 aliphatic carbocycles. The third kappa shape index (κ3) is 3.70. The Balaban J connectivity index is 3.03. The van der Waals surface area contributed by atoms with Crippen molar-refractivity contribution in [3.63, 3.8) is 0 Å². The van der Waals surface area contributed by atoms with E-state index in [-0.39, 0.29) is 5.69 Å². The largest absolute Gasteiger partial charge is 0.480 e. The maximum absolute atomic E-state index is 13.0. The van der Waals surface area contributed by atoms with Crippen molar-refractivity contribution in [1.82, 2.24) is 0 Å². The Morgan fingerprint density at radius 2 is 1.89 bits per heavy atom. The first-order chi connectivity index (χ1) is 8.21. The van der Waals surface area contributed by atoms with Crippen molar-refractivity contribution in [3.05, 3.63) is 29.6 Å². The molecule has 9 heteroatoms. The van der Waals surface area contributed by atoms with Gasteiger partial charge in [0.05, 0.1) is 5.56 Å². The van der Waals surface area contributed by atoms with Crippen LogP contribution in [0.25, 0.3) is 0 Å². The van der Waals surface area contributed by atoms with Crippen molar-refractivity contribution in [3.8, 4) is 0 Å². The number of aromatic carboxylic acids is 1. The molecule has 98 valence electrons. The van der Waals surface area contributed by atoms with Gasteiger partial charge in [-0.05, 0) is 18.2 Å². The Bertz CT molecular complexity index is 597. The monoisotopic (exact) mass is 277 g/mol. The zero-order valence-corrected chi connectivity index (χ0v) is 9.57. The van der Waals surface area contributed by atoms with E-state index < -0.39 is 39.1 Å². The van der Waals surface area contributed by atoms with Gasteiger partial charge in [0.2, 0.25) is 10.0 Å². The molecule has 3 N–H and O–H groups in total. The van der Waals surface area contributed by atoms with Gasteiger partial charge in [-0.2, -0.15) is 0 Å². The summed E-state index contributed by atoms with van der Waals surface area (Å²) in [5, 5.41) is 17.0. The first kappa shape index (κ1) is 13.9. The number of hydrogen-bond donors (Lipinski definition) is 3. The summed E-state index contributed by atoms with van der Waals surface area (Å²) in [6.45, 7) is 0. The Kier molecular flexibility index (Phi) is 3.86. The van der Waals surface area contributed by atoms with Crippen molar-refractivity contribution < 1.29 is 32.6 Å². The fourth-order valence-electron chi connectivity index (χ4n) is 1.13. The Morgan fingerprint density at radius 1 is 1.28 bits per heavy atom. The minimum absolute atomic E-state index is 0.227. The van der Waals surface area contributed by atoms with Crippen LogP contribution in [0.15, 0.2) is 18.2 Å². The number of carboxylic acid groups (broad SMARTS) is 2. The van der Waals surface area contributed by atoms with Gasteiger partial charge < -0.3 is 10.2 Å². The molecule has 1 rings (SSSR count). The molecule has 1 aromatic rings. The molecule has 0 atom stereocenters. The lowest BCUT2D eigenvalue weighted by Crippen LogP contribution is -2.22. The molecule has 0 heterocycles. The number of benzene rings is 1. The van der Waals surface area contributed by atoms with E-state index >= 15 is 0 Å². The molecule has 0 aromatic heterocycles. The summed E-state index contributed by atoms with van der Waals surface area (Å²) in [5.74, 6) is -5.33. The second-order valence-electron chi connectivity index (χ2n) is 3.25. The summed E-state index contributed by atoms with van der Waals surface area (Å²) in [6, 6.07) is 2.51. The number of hydrogen-bond acceptors (Lipinski definition) is 4. The molecule has 0 bridgehead atoms. The van der Waals surface area contributed by atoms with E-state index in [1.54, 1.807) is 0 Å². The van der Waals surface area contributed by atoms with Crippen molar-refractivity contribution in [2.75, 3.05) is 10.5 Å². The fourth-order valence-corrected chi connectivity index (χ4v) is 2.01. The first-order valence-electron chi connectivity index (χ1n) is 4.46. The van der Waals surface area contributed by atoms with Crippen LogP contribution in [0.3, 0.4) is 0 Å². The van der Waals surface area contributed by atoms with Gasteiger partial charge in [-0.3, -0.25) is 9.52 Å². The Hall–Kier alpha value is -2.16. The van der Waals surface area contributed by atoms with E-state index in [1.807, 2.05) is 4.72 Å². The lowest BCUT2D eigenvalue weighted by atomic mass is 10.2. The molecule has 18 heavy (non-hydrogen) atoms. The average Bonchev–Trinajstić information content (AvgIpc) is 2.18. The molecule has 0 unspecified atom stereocenters. The summed E-state index contributed by atoms with van der Waals surface area (Å²) >= 11 is 0. The van der Waals surface area contributed by atoms with Crippen LogP contribution in [0, 0.1) is 5.82 Å². The summed E-state index contributed by atoms with van der Waals surface area (Å²) in [6.07, 6.45) is 0. The molecular formula is C9H8FNO6S. The number of halogens is 1. The van der Waals surface area contributed by atoms with E-state index in [0.29, 0.717) is 0 Å². The topological polar surface area (TPSA) is 121 Å². The SMILES string of the molecule is O=C(O)CS(=O)(=O)Nc1ccc(F)c(C(=O)O)c1. The van der Waals surface area contributed by atoms with Gasteiger partial charge >= 0.3 is 11.9 Å². The summed E-state index contributed by atoms with van der Waals surface area (Å²) in [4.78, 5) is 20.9. The lowest BCUT2D eigenvalue weighted by molar-refractivity contribution is -0.134. The van der Waals surface area contributed by atoms with Crippen LogP contribution in [-0.2, 0) is 14.8 Å². The highest BCUT2D eigenvalue weighted by atomic mass is 32.2. The third-order valence-corrected chi connectivity index (χ3v) is 2.96. The van der Waals surface area contributed by atoms with E-state index in [9.17, 15) is 22.4 Å². The molecule has 0 aliphatic heterocycles. The number of anilines is 1. The van der Waals surface area contributed by atoms with Crippen LogP contribution in [-0.4, -0.2) is 36.3 Å². The Labute approximate surface area is 101 Å². The van der Waals surface area contributed by atoms with Crippen LogP contribution in [0.5, 0.6) is 0 Å². The third-order valence-electron chi connectivity index (χ3n) is 1.78. The minimum atomic E-state index is -4.15. The van der Waals surface area contributed by atoms with Gasteiger partial charge in [-0.25, -0.2) is 17.6 Å². The predicted octanol–water partition coefficient (Wildman–Crippen LogP) is 0.350. The molecule has 0 amide bonds. The quantitative estimate of drug-likeness (QED) is 0.714. The molecule has 7 nitrogen and oxygen atoms in total. The number of sulfonamides is 1. The van der Waals surface area contributed by atoms with Gasteiger partial charge in [0.15, 0.2) is 5.75 Å². The van der Waals surface area contributed by atoms with Crippen LogP contribution in [0.2, 0.25) is 0 Å². The maximum atomic E-state index is 13.0. The predicted molar refractivity (Wildman–Crippen MR) is 58.4 cm³/mol. The van der Waals surface area contributed by atoms with E-state index in [4.69, 9.17) is 10.2 Å². The number of carboxylic acids is 2. The van der Waals surface area contributed by atoms with Crippen molar-refractivity contribution in [2.24, 2.45) is 0 Å². The van der Waals surface area contributed by atoms with Crippen molar-refractivity contribution in [1.29, 1.82) is 0 Å². The van der Waals surface area contributed by atoms with Gasteiger partial charge in [0.25, 0.3) is 0 Å². The first-order valence-corrected chi connectivity index (χ1v) is 6.11. The molecule has 0 radical (unpaired) electrons. The minimum Gasteiger partial charge on any atom is -0.480 e. The van der Waals surface area contributed by atoms with E-state index in [1.165, 1.54) is 0 Å². The van der Waals surface area contributed by atoms with Crippen LogP contribution in [0.1, 0.15) is 10.4 Å². The summed E-state index contributed by atoms with van der Waals surface area (Å²) in [7, 11) is -4.15. The summed E-state index contributed by atoms with van der Waals surface area (Å²) < 4.78 is 37.3. The molecule has 1 aromatic carbocycles. The second-order valence-corrected chi connectivity index (χ2v) is 4.98. The van der Waals surface area contributed by atoms with Crippen LogP contribution >= 0.6 is 0 Å². The smallest absolute Gasteiger partial charge is 0.338 e. The number of aliphatic carboxylic acids is 1.